The van der Waals surface area contributed by atoms with Crippen molar-refractivity contribution >= 4 is 40.9 Å². The zero-order chi connectivity index (χ0) is 5.54. The van der Waals surface area contributed by atoms with Crippen LogP contribution in [0, 0.1) is 0 Å². The molecule has 0 bridgehead atoms. The molecule has 25 valence electrons. The first-order valence-electron chi connectivity index (χ1n) is 2.24. The molecule has 0 atom stereocenters. The van der Waals surface area contributed by atoms with Crippen molar-refractivity contribution in [3.05, 3.63) is 0 Å². The van der Waals surface area contributed by atoms with Gasteiger partial charge in [-0.2, -0.15) is 0 Å². The molecule has 0 unspecified atom stereocenters. The standard InChI is InChI=1S/CH3B6/c1-3-5-7-6-4-2/h1H3. The van der Waals surface area contributed by atoms with Gasteiger partial charge >= 0.3 is 47.8 Å². The Morgan fingerprint density at radius 3 is 2.29 bits per heavy atom. The molecule has 0 nitrogen and oxygen atoms in total. The van der Waals surface area contributed by atoms with E-state index in [-0.39, 0.29) is 0 Å². The van der Waals surface area contributed by atoms with Gasteiger partial charge in [-0.3, -0.25) is 0 Å². The molecule has 0 heterocycles. The van der Waals surface area contributed by atoms with Crippen molar-refractivity contribution in [2.75, 3.05) is 0 Å². The first-order chi connectivity index (χ1) is 3.41. The van der Waals surface area contributed by atoms with Crippen molar-refractivity contribution in [2.45, 2.75) is 6.82 Å². The third-order valence-electron chi connectivity index (χ3n) is 0.526. The van der Waals surface area contributed by atoms with Crippen molar-refractivity contribution in [1.82, 2.24) is 0 Å². The van der Waals surface area contributed by atoms with Crippen LogP contribution in [0.15, 0.2) is 0 Å². The van der Waals surface area contributed by atoms with Gasteiger partial charge in [-0.25, -0.2) is 0 Å². The van der Waals surface area contributed by atoms with Gasteiger partial charge in [-0.1, -0.05) is 0 Å². The van der Waals surface area contributed by atoms with Crippen molar-refractivity contribution in [2.24, 2.45) is 0 Å². The minimum atomic E-state index is 1.50. The van der Waals surface area contributed by atoms with Crippen LogP contribution in [0.1, 0.15) is 0 Å². The third kappa shape index (κ3) is 6.39. The second-order valence-electron chi connectivity index (χ2n) is 1.10. The van der Waals surface area contributed by atoms with Crippen LogP contribution < -0.4 is 0 Å². The quantitative estimate of drug-likeness (QED) is 0.347. The Bertz CT molecular complexity index is 90.4. The molecule has 0 N–H and O–H groups in total. The van der Waals surface area contributed by atoms with E-state index in [1.807, 2.05) is 27.0 Å². The van der Waals surface area contributed by atoms with Crippen molar-refractivity contribution in [3.63, 3.8) is 0 Å². The summed E-state index contributed by atoms with van der Waals surface area (Å²) in [6.07, 6.45) is 0. The van der Waals surface area contributed by atoms with E-state index in [1.54, 1.807) is 6.69 Å². The summed E-state index contributed by atoms with van der Waals surface area (Å²) in [6, 6.07) is 0. The van der Waals surface area contributed by atoms with E-state index in [9.17, 15) is 0 Å². The summed E-state index contributed by atoms with van der Waals surface area (Å²) >= 11 is 0. The molecule has 0 aliphatic heterocycles. The van der Waals surface area contributed by atoms with Gasteiger partial charge in [0.2, 0.25) is 0 Å². The van der Waals surface area contributed by atoms with Gasteiger partial charge in [0, 0.05) is 0 Å². The number of rotatable bonds is 2. The fraction of sp³-hybridized carbons (Fsp3) is 1.00. The Morgan fingerprint density at radius 1 is 1.14 bits per heavy atom. The Hall–Kier alpha value is 0.390. The molecule has 0 saturated carbocycles. The monoisotopic (exact) mass is 81.1 g/mol. The van der Waals surface area contributed by atoms with Crippen LogP contribution in [-0.2, 0) is 0 Å². The van der Waals surface area contributed by atoms with Crippen molar-refractivity contribution in [1.29, 1.82) is 0 Å². The number of hydrogen-bond acceptors (Lipinski definition) is 0. The van der Waals surface area contributed by atoms with Gasteiger partial charge in [0.25, 0.3) is 0 Å². The molecule has 0 aliphatic carbocycles. The molecule has 7 heavy (non-hydrogen) atoms. The summed E-state index contributed by atoms with van der Waals surface area (Å²) in [6.45, 7) is 11.0. The Labute approximate surface area is 48.5 Å². The van der Waals surface area contributed by atoms with E-state index >= 15 is 0 Å². The summed E-state index contributed by atoms with van der Waals surface area (Å²) in [5.74, 6) is 0. The van der Waals surface area contributed by atoms with Crippen molar-refractivity contribution in [3.8, 4) is 0 Å². The minimum absolute atomic E-state index is 1.50. The molecular weight excluding hydrogens is 76.9 g/mol. The van der Waals surface area contributed by atoms with Gasteiger partial charge in [0.05, 0.1) is 0 Å². The SMILES string of the molecule is [B]=BB=BB=BC. The Balaban J connectivity index is 3.27. The molecule has 0 aromatic heterocycles. The van der Waals surface area contributed by atoms with Crippen LogP contribution in [0.2, 0.25) is 6.82 Å². The molecule has 6 heteroatoms. The number of hydrogen-bond donors (Lipinski definition) is 0. The molecule has 0 saturated heterocycles. The van der Waals surface area contributed by atoms with Crippen LogP contribution in [0.4, 0.5) is 0 Å². The maximum atomic E-state index is 5.02. The maximum absolute atomic E-state index is 5.02. The molecule has 0 aromatic carbocycles. The van der Waals surface area contributed by atoms with Crippen molar-refractivity contribution < 1.29 is 0 Å². The molecule has 1 radical (unpaired) electrons. The first kappa shape index (κ1) is 7.39. The van der Waals surface area contributed by atoms with E-state index in [1.165, 1.54) is 6.69 Å². The summed E-state index contributed by atoms with van der Waals surface area (Å²) in [7, 11) is 5.02. The molecule has 0 spiro atoms. The predicted octanol–water partition coefficient (Wildman–Crippen LogP) is -1.70. The summed E-state index contributed by atoms with van der Waals surface area (Å²) in [4.78, 5) is 0. The van der Waals surface area contributed by atoms with Gasteiger partial charge < -0.3 is 0 Å². The Morgan fingerprint density at radius 2 is 1.86 bits per heavy atom. The molecule has 0 fully saturated rings. The van der Waals surface area contributed by atoms with E-state index in [0.29, 0.717) is 0 Å². The third-order valence-corrected chi connectivity index (χ3v) is 0.526. The zero-order valence-electron chi connectivity index (χ0n) is 4.46. The molecule has 0 aliphatic rings. The summed E-state index contributed by atoms with van der Waals surface area (Å²) in [5, 5.41) is 0. The van der Waals surface area contributed by atoms with Crippen LogP contribution in [-0.4, -0.2) is 40.9 Å². The van der Waals surface area contributed by atoms with Crippen LogP contribution in [0.5, 0.6) is 0 Å². The van der Waals surface area contributed by atoms with Gasteiger partial charge in [-0.15, -0.1) is 0 Å². The van der Waals surface area contributed by atoms with E-state index in [4.69, 9.17) is 7.37 Å². The summed E-state index contributed by atoms with van der Waals surface area (Å²) in [5.41, 5.74) is 0. The van der Waals surface area contributed by atoms with E-state index in [2.05, 4.69) is 0 Å². The zero-order valence-corrected chi connectivity index (χ0v) is 4.46. The second kappa shape index (κ2) is 6.39. The topological polar surface area (TPSA) is 0 Å². The fourth-order valence-corrected chi connectivity index (χ4v) is 0.239. The van der Waals surface area contributed by atoms with Crippen LogP contribution in [0.3, 0.4) is 0 Å². The van der Waals surface area contributed by atoms with Crippen LogP contribution in [0.25, 0.3) is 0 Å². The summed E-state index contributed by atoms with van der Waals surface area (Å²) < 4.78 is 0. The average molecular weight is 79.9 g/mol. The van der Waals surface area contributed by atoms with Gasteiger partial charge in [0.15, 0.2) is 0 Å². The molecule has 0 rings (SSSR count). The fourth-order valence-electron chi connectivity index (χ4n) is 0.239. The molecular formula is CH3B6. The second-order valence-corrected chi connectivity index (χ2v) is 1.10. The van der Waals surface area contributed by atoms with E-state index < -0.39 is 0 Å². The predicted molar refractivity (Wildman–Crippen MR) is 40.4 cm³/mol. The average Bonchev–Trinajstić information content (AvgIpc) is 1.69. The molecule has 0 aromatic rings. The van der Waals surface area contributed by atoms with Crippen LogP contribution >= 0.6 is 0 Å². The Kier molecular flexibility index (Phi) is 6.75. The van der Waals surface area contributed by atoms with Gasteiger partial charge in [-0.05, 0) is 0 Å². The first-order valence-corrected chi connectivity index (χ1v) is 2.24. The molecule has 0 amide bonds. The van der Waals surface area contributed by atoms with Gasteiger partial charge in [0.1, 0.15) is 0 Å². The van der Waals surface area contributed by atoms with E-state index in [0.717, 1.165) is 0 Å². The normalized spacial score (nSPS) is 5.71.